The lowest BCUT2D eigenvalue weighted by molar-refractivity contribution is -0.138. The molecule has 0 amide bonds. The van der Waals surface area contributed by atoms with Gasteiger partial charge in [0.25, 0.3) is 0 Å². The first-order valence-corrected chi connectivity index (χ1v) is 4.54. The molecule has 0 radical (unpaired) electrons. The lowest BCUT2D eigenvalue weighted by atomic mass is 10.1. The third-order valence-corrected chi connectivity index (χ3v) is 2.66. The van der Waals surface area contributed by atoms with E-state index in [1.165, 1.54) is 0 Å². The van der Waals surface area contributed by atoms with E-state index in [0.29, 0.717) is 5.02 Å². The zero-order chi connectivity index (χ0) is 9.42. The van der Waals surface area contributed by atoms with E-state index in [0.717, 1.165) is 12.0 Å². The van der Waals surface area contributed by atoms with Gasteiger partial charge in [-0.3, -0.25) is 4.79 Å². The first-order chi connectivity index (χ1) is 6.18. The van der Waals surface area contributed by atoms with Gasteiger partial charge in [0.15, 0.2) is 0 Å². The van der Waals surface area contributed by atoms with Gasteiger partial charge < -0.3 is 5.11 Å². The Labute approximate surface area is 81.1 Å². The van der Waals surface area contributed by atoms with Crippen LogP contribution in [-0.2, 0) is 4.79 Å². The van der Waals surface area contributed by atoms with Crippen LogP contribution in [0.2, 0.25) is 5.02 Å². The summed E-state index contributed by atoms with van der Waals surface area (Å²) in [5.41, 5.74) is 1.08. The number of carbonyl (C=O) groups is 1. The molecule has 13 heavy (non-hydrogen) atoms. The average Bonchev–Trinajstić information content (AvgIpc) is 2.85. The van der Waals surface area contributed by atoms with Crippen molar-refractivity contribution in [3.63, 3.8) is 0 Å². The molecule has 1 saturated carbocycles. The lowest BCUT2D eigenvalue weighted by Crippen LogP contribution is -1.98. The van der Waals surface area contributed by atoms with Crippen LogP contribution in [0.1, 0.15) is 17.9 Å². The summed E-state index contributed by atoms with van der Waals surface area (Å²) >= 11 is 5.72. The molecule has 68 valence electrons. The molecule has 0 aliphatic heterocycles. The number of halogens is 1. The average molecular weight is 197 g/mol. The van der Waals surface area contributed by atoms with Gasteiger partial charge in [0.1, 0.15) is 0 Å². The molecule has 2 atom stereocenters. The molecule has 3 heteroatoms. The van der Waals surface area contributed by atoms with Crippen LogP contribution in [0, 0.1) is 5.92 Å². The zero-order valence-corrected chi connectivity index (χ0v) is 7.66. The quantitative estimate of drug-likeness (QED) is 0.789. The maximum atomic E-state index is 10.6. The molecule has 1 aliphatic carbocycles. The highest BCUT2D eigenvalue weighted by atomic mass is 35.5. The summed E-state index contributed by atoms with van der Waals surface area (Å²) in [5, 5.41) is 9.40. The summed E-state index contributed by atoms with van der Waals surface area (Å²) < 4.78 is 0. The smallest absolute Gasteiger partial charge is 0.307 e. The Morgan fingerprint density at radius 2 is 2.00 bits per heavy atom. The second-order valence-corrected chi connectivity index (χ2v) is 3.77. The van der Waals surface area contributed by atoms with E-state index < -0.39 is 5.97 Å². The topological polar surface area (TPSA) is 37.3 Å². The molecule has 1 aromatic carbocycles. The van der Waals surface area contributed by atoms with Gasteiger partial charge >= 0.3 is 5.97 Å². The normalized spacial score (nSPS) is 25.6. The standard InChI is InChI=1S/C10H9ClO2/c11-7-3-1-6(2-4-7)8-5-9(8)10(12)13/h1-4,8-9H,5H2,(H,12,13)/t8?,9-/m0/s1. The number of rotatable bonds is 2. The van der Waals surface area contributed by atoms with Crippen LogP contribution >= 0.6 is 11.6 Å². The first kappa shape index (κ1) is 8.57. The van der Waals surface area contributed by atoms with Gasteiger partial charge in [-0.25, -0.2) is 0 Å². The van der Waals surface area contributed by atoms with Gasteiger partial charge in [-0.1, -0.05) is 23.7 Å². The molecule has 1 aromatic rings. The van der Waals surface area contributed by atoms with Crippen molar-refractivity contribution >= 4 is 17.6 Å². The van der Waals surface area contributed by atoms with Crippen LogP contribution in [0.15, 0.2) is 24.3 Å². The fourth-order valence-electron chi connectivity index (χ4n) is 1.55. The number of carboxylic acids is 1. The molecular weight excluding hydrogens is 188 g/mol. The molecule has 0 saturated heterocycles. The summed E-state index contributed by atoms with van der Waals surface area (Å²) in [5.74, 6) is -0.670. The highest BCUT2D eigenvalue weighted by Gasteiger charge is 2.43. The highest BCUT2D eigenvalue weighted by molar-refractivity contribution is 6.30. The Morgan fingerprint density at radius 3 is 2.46 bits per heavy atom. The Hall–Kier alpha value is -1.02. The molecule has 0 spiro atoms. The van der Waals surface area contributed by atoms with Crippen molar-refractivity contribution in [2.75, 3.05) is 0 Å². The molecule has 1 fully saturated rings. The van der Waals surface area contributed by atoms with Crippen LogP contribution < -0.4 is 0 Å². The predicted octanol–water partition coefficient (Wildman–Crippen LogP) is 2.53. The van der Waals surface area contributed by atoms with Crippen molar-refractivity contribution in [2.45, 2.75) is 12.3 Å². The van der Waals surface area contributed by atoms with Crippen LogP contribution in [0.3, 0.4) is 0 Å². The van der Waals surface area contributed by atoms with E-state index in [9.17, 15) is 4.79 Å². The van der Waals surface area contributed by atoms with E-state index in [1.54, 1.807) is 12.1 Å². The van der Waals surface area contributed by atoms with Crippen LogP contribution in [0.4, 0.5) is 0 Å². The van der Waals surface area contributed by atoms with Crippen molar-refractivity contribution in [3.05, 3.63) is 34.9 Å². The van der Waals surface area contributed by atoms with Gasteiger partial charge in [0.2, 0.25) is 0 Å². The van der Waals surface area contributed by atoms with Crippen LogP contribution in [-0.4, -0.2) is 11.1 Å². The Morgan fingerprint density at radius 1 is 1.38 bits per heavy atom. The van der Waals surface area contributed by atoms with Gasteiger partial charge in [0.05, 0.1) is 5.92 Å². The number of carboxylic acid groups (broad SMARTS) is 1. The first-order valence-electron chi connectivity index (χ1n) is 4.17. The lowest BCUT2D eigenvalue weighted by Gasteiger charge is -1.97. The van der Waals surface area contributed by atoms with Crippen molar-refractivity contribution in [3.8, 4) is 0 Å². The van der Waals surface area contributed by atoms with E-state index in [1.807, 2.05) is 12.1 Å². The summed E-state index contributed by atoms with van der Waals surface area (Å²) in [4.78, 5) is 10.6. The van der Waals surface area contributed by atoms with Gasteiger partial charge in [-0.05, 0) is 30.0 Å². The number of aliphatic carboxylic acids is 1. The molecule has 0 heterocycles. The third-order valence-electron chi connectivity index (χ3n) is 2.41. The Balaban J connectivity index is 2.12. The van der Waals surface area contributed by atoms with Gasteiger partial charge in [0, 0.05) is 5.02 Å². The number of hydrogen-bond acceptors (Lipinski definition) is 1. The summed E-state index contributed by atoms with van der Waals surface area (Å²) in [6.45, 7) is 0. The minimum absolute atomic E-state index is 0.179. The van der Waals surface area contributed by atoms with Crippen molar-refractivity contribution in [1.82, 2.24) is 0 Å². The van der Waals surface area contributed by atoms with Gasteiger partial charge in [-0.15, -0.1) is 0 Å². The SMILES string of the molecule is O=C(O)[C@H]1CC1c1ccc(Cl)cc1. The maximum Gasteiger partial charge on any atom is 0.307 e. The molecular formula is C10H9ClO2. The zero-order valence-electron chi connectivity index (χ0n) is 6.90. The molecule has 1 aliphatic rings. The molecule has 0 aromatic heterocycles. The maximum absolute atomic E-state index is 10.6. The Kier molecular flexibility index (Phi) is 2.00. The molecule has 2 nitrogen and oxygen atoms in total. The molecule has 2 rings (SSSR count). The summed E-state index contributed by atoms with van der Waals surface area (Å²) in [6, 6.07) is 7.40. The highest BCUT2D eigenvalue weighted by Crippen LogP contribution is 2.47. The van der Waals surface area contributed by atoms with Gasteiger partial charge in [-0.2, -0.15) is 0 Å². The van der Waals surface area contributed by atoms with Crippen LogP contribution in [0.25, 0.3) is 0 Å². The third kappa shape index (κ3) is 1.68. The largest absolute Gasteiger partial charge is 0.481 e. The van der Waals surface area contributed by atoms with E-state index in [4.69, 9.17) is 16.7 Å². The van der Waals surface area contributed by atoms with E-state index in [2.05, 4.69) is 0 Å². The monoisotopic (exact) mass is 196 g/mol. The molecule has 1 unspecified atom stereocenters. The Bertz CT molecular complexity index is 331. The van der Waals surface area contributed by atoms with Crippen LogP contribution in [0.5, 0.6) is 0 Å². The number of hydrogen-bond donors (Lipinski definition) is 1. The molecule has 0 bridgehead atoms. The minimum atomic E-state index is -0.694. The fraction of sp³-hybridized carbons (Fsp3) is 0.300. The van der Waals surface area contributed by atoms with E-state index in [-0.39, 0.29) is 11.8 Å². The summed E-state index contributed by atoms with van der Waals surface area (Å²) in [6.07, 6.45) is 0.761. The second-order valence-electron chi connectivity index (χ2n) is 3.34. The second kappa shape index (κ2) is 3.04. The molecule has 1 N–H and O–H groups in total. The van der Waals surface area contributed by atoms with Crippen molar-refractivity contribution < 1.29 is 9.90 Å². The predicted molar refractivity (Wildman–Crippen MR) is 49.9 cm³/mol. The number of benzene rings is 1. The summed E-state index contributed by atoms with van der Waals surface area (Å²) in [7, 11) is 0. The van der Waals surface area contributed by atoms with Crippen molar-refractivity contribution in [2.24, 2.45) is 5.92 Å². The fourth-order valence-corrected chi connectivity index (χ4v) is 1.67. The van der Waals surface area contributed by atoms with Crippen molar-refractivity contribution in [1.29, 1.82) is 0 Å². The van der Waals surface area contributed by atoms with E-state index >= 15 is 0 Å². The minimum Gasteiger partial charge on any atom is -0.481 e.